The quantitative estimate of drug-likeness (QED) is 0.832. The lowest BCUT2D eigenvalue weighted by atomic mass is 10.2. The van der Waals surface area contributed by atoms with Gasteiger partial charge in [0.1, 0.15) is 5.75 Å². The van der Waals surface area contributed by atoms with Crippen LogP contribution in [0.15, 0.2) is 48.5 Å². The molecule has 20 heavy (non-hydrogen) atoms. The zero-order chi connectivity index (χ0) is 14.4. The highest BCUT2D eigenvalue weighted by Crippen LogP contribution is 2.14. The first-order valence-corrected chi connectivity index (χ1v) is 6.93. The van der Waals surface area contributed by atoms with Crippen LogP contribution < -0.4 is 10.1 Å². The molecule has 0 spiro atoms. The number of benzene rings is 2. The number of halogens is 1. The SMILES string of the molecule is N#Cc1cccc(OCC(=O)Nc2cccc(I)c2)c1. The molecule has 5 heteroatoms. The highest BCUT2D eigenvalue weighted by molar-refractivity contribution is 14.1. The van der Waals surface area contributed by atoms with Crippen molar-refractivity contribution in [3.05, 3.63) is 57.7 Å². The Bertz CT molecular complexity index is 665. The molecule has 0 unspecified atom stereocenters. The van der Waals surface area contributed by atoms with Crippen LogP contribution in [0.4, 0.5) is 5.69 Å². The van der Waals surface area contributed by atoms with Gasteiger partial charge in [0.25, 0.3) is 5.91 Å². The summed E-state index contributed by atoms with van der Waals surface area (Å²) in [5, 5.41) is 11.5. The zero-order valence-corrected chi connectivity index (χ0v) is 12.6. The van der Waals surface area contributed by atoms with Gasteiger partial charge in [-0.05, 0) is 59.0 Å². The highest BCUT2D eigenvalue weighted by atomic mass is 127. The predicted octanol–water partition coefficient (Wildman–Crippen LogP) is 3.18. The summed E-state index contributed by atoms with van der Waals surface area (Å²) in [5.41, 5.74) is 1.23. The fourth-order valence-corrected chi connectivity index (χ4v) is 2.11. The Hall–Kier alpha value is -2.07. The number of hydrogen-bond donors (Lipinski definition) is 1. The monoisotopic (exact) mass is 378 g/mol. The van der Waals surface area contributed by atoms with E-state index < -0.39 is 0 Å². The second-order valence-corrected chi connectivity index (χ2v) is 5.23. The second kappa shape index (κ2) is 6.91. The topological polar surface area (TPSA) is 62.1 Å². The fourth-order valence-electron chi connectivity index (χ4n) is 1.57. The molecule has 2 aromatic carbocycles. The van der Waals surface area contributed by atoms with Crippen molar-refractivity contribution in [2.24, 2.45) is 0 Å². The molecule has 4 nitrogen and oxygen atoms in total. The molecule has 0 fully saturated rings. The smallest absolute Gasteiger partial charge is 0.262 e. The minimum atomic E-state index is -0.241. The van der Waals surface area contributed by atoms with Gasteiger partial charge in [0.15, 0.2) is 6.61 Å². The molecule has 0 saturated carbocycles. The van der Waals surface area contributed by atoms with E-state index >= 15 is 0 Å². The van der Waals surface area contributed by atoms with Crippen molar-refractivity contribution < 1.29 is 9.53 Å². The Morgan fingerprint density at radius 1 is 1.25 bits per heavy atom. The first-order valence-electron chi connectivity index (χ1n) is 5.86. The highest BCUT2D eigenvalue weighted by Gasteiger charge is 2.04. The van der Waals surface area contributed by atoms with Crippen molar-refractivity contribution >= 4 is 34.2 Å². The van der Waals surface area contributed by atoms with Crippen LogP contribution >= 0.6 is 22.6 Å². The van der Waals surface area contributed by atoms with Gasteiger partial charge < -0.3 is 10.1 Å². The molecule has 0 saturated heterocycles. The van der Waals surface area contributed by atoms with E-state index in [1.807, 2.05) is 30.3 Å². The molecule has 0 bridgehead atoms. The van der Waals surface area contributed by atoms with E-state index in [0.717, 1.165) is 9.26 Å². The van der Waals surface area contributed by atoms with Gasteiger partial charge in [-0.25, -0.2) is 0 Å². The molecule has 0 aromatic heterocycles. The van der Waals surface area contributed by atoms with E-state index in [1.165, 1.54) is 0 Å². The third-order valence-electron chi connectivity index (χ3n) is 2.44. The van der Waals surface area contributed by atoms with Crippen molar-refractivity contribution in [3.63, 3.8) is 0 Å². The Kier molecular flexibility index (Phi) is 4.96. The number of nitriles is 1. The molecule has 0 radical (unpaired) electrons. The number of ether oxygens (including phenoxy) is 1. The lowest BCUT2D eigenvalue weighted by Crippen LogP contribution is -2.20. The number of carbonyl (C=O) groups is 1. The lowest BCUT2D eigenvalue weighted by molar-refractivity contribution is -0.118. The summed E-state index contributed by atoms with van der Waals surface area (Å²) in [6.45, 7) is -0.0969. The number of hydrogen-bond acceptors (Lipinski definition) is 3. The van der Waals surface area contributed by atoms with E-state index in [4.69, 9.17) is 10.00 Å². The molecular formula is C15H11IN2O2. The van der Waals surface area contributed by atoms with Crippen molar-refractivity contribution in [1.82, 2.24) is 0 Å². The van der Waals surface area contributed by atoms with Crippen molar-refractivity contribution in [3.8, 4) is 11.8 Å². The van der Waals surface area contributed by atoms with E-state index in [1.54, 1.807) is 24.3 Å². The van der Waals surface area contributed by atoms with Crippen LogP contribution in [-0.2, 0) is 4.79 Å². The molecule has 0 aliphatic carbocycles. The van der Waals surface area contributed by atoms with Crippen molar-refractivity contribution in [2.75, 3.05) is 11.9 Å². The second-order valence-electron chi connectivity index (χ2n) is 3.99. The molecule has 0 heterocycles. The summed E-state index contributed by atoms with van der Waals surface area (Å²) >= 11 is 2.18. The van der Waals surface area contributed by atoms with Gasteiger partial charge in [-0.3, -0.25) is 4.79 Å². The summed E-state index contributed by atoms with van der Waals surface area (Å²) in [6.07, 6.45) is 0. The average molecular weight is 378 g/mol. The van der Waals surface area contributed by atoms with Crippen LogP contribution in [0.2, 0.25) is 0 Å². The van der Waals surface area contributed by atoms with Gasteiger partial charge in [0.2, 0.25) is 0 Å². The van der Waals surface area contributed by atoms with Crippen LogP contribution in [-0.4, -0.2) is 12.5 Å². The van der Waals surface area contributed by atoms with Gasteiger partial charge in [0.05, 0.1) is 11.6 Å². The van der Waals surface area contributed by atoms with E-state index in [0.29, 0.717) is 11.3 Å². The van der Waals surface area contributed by atoms with Crippen molar-refractivity contribution in [1.29, 1.82) is 5.26 Å². The molecule has 2 rings (SSSR count). The summed E-state index contributed by atoms with van der Waals surface area (Å²) in [6, 6.07) is 16.2. The van der Waals surface area contributed by atoms with E-state index in [2.05, 4.69) is 27.9 Å². The number of nitrogens with zero attached hydrogens (tertiary/aromatic N) is 1. The molecule has 0 aliphatic heterocycles. The van der Waals surface area contributed by atoms with Gasteiger partial charge >= 0.3 is 0 Å². The summed E-state index contributed by atoms with van der Waals surface area (Å²) in [4.78, 5) is 11.7. The largest absolute Gasteiger partial charge is 0.484 e. The van der Waals surface area contributed by atoms with Crippen LogP contribution in [0, 0.1) is 14.9 Å². The normalized spacial score (nSPS) is 9.60. The fraction of sp³-hybridized carbons (Fsp3) is 0.0667. The van der Waals surface area contributed by atoms with Gasteiger partial charge in [-0.2, -0.15) is 5.26 Å². The van der Waals surface area contributed by atoms with E-state index in [-0.39, 0.29) is 12.5 Å². The Labute approximate surface area is 130 Å². The Morgan fingerprint density at radius 2 is 2.05 bits per heavy atom. The minimum absolute atomic E-state index is 0.0969. The third kappa shape index (κ3) is 4.24. The number of nitrogens with one attached hydrogen (secondary N) is 1. The molecule has 0 aliphatic rings. The maximum atomic E-state index is 11.7. The Balaban J connectivity index is 1.90. The lowest BCUT2D eigenvalue weighted by Gasteiger charge is -2.08. The third-order valence-corrected chi connectivity index (χ3v) is 3.11. The molecule has 1 N–H and O–H groups in total. The first kappa shape index (κ1) is 14.3. The van der Waals surface area contributed by atoms with Crippen LogP contribution in [0.1, 0.15) is 5.56 Å². The molecular weight excluding hydrogens is 367 g/mol. The standard InChI is InChI=1S/C15H11IN2O2/c16-12-4-2-5-13(8-12)18-15(19)10-20-14-6-1-3-11(7-14)9-17/h1-8H,10H2,(H,18,19). The minimum Gasteiger partial charge on any atom is -0.484 e. The number of rotatable bonds is 4. The van der Waals surface area contributed by atoms with Gasteiger partial charge in [0, 0.05) is 9.26 Å². The van der Waals surface area contributed by atoms with Crippen LogP contribution in [0.5, 0.6) is 5.75 Å². The maximum absolute atomic E-state index is 11.7. The average Bonchev–Trinajstić information content (AvgIpc) is 2.45. The maximum Gasteiger partial charge on any atom is 0.262 e. The summed E-state index contributed by atoms with van der Waals surface area (Å²) in [5.74, 6) is 0.260. The molecule has 1 amide bonds. The van der Waals surface area contributed by atoms with Crippen LogP contribution in [0.25, 0.3) is 0 Å². The van der Waals surface area contributed by atoms with Gasteiger partial charge in [-0.15, -0.1) is 0 Å². The number of carbonyl (C=O) groups excluding carboxylic acids is 1. The Morgan fingerprint density at radius 3 is 2.80 bits per heavy atom. The molecule has 100 valence electrons. The van der Waals surface area contributed by atoms with Crippen molar-refractivity contribution in [2.45, 2.75) is 0 Å². The first-order chi connectivity index (χ1) is 9.67. The molecule has 2 aromatic rings. The predicted molar refractivity (Wildman–Crippen MR) is 84.4 cm³/mol. The number of amides is 1. The summed E-state index contributed by atoms with van der Waals surface area (Å²) in [7, 11) is 0. The zero-order valence-electron chi connectivity index (χ0n) is 10.5. The number of anilines is 1. The van der Waals surface area contributed by atoms with E-state index in [9.17, 15) is 4.79 Å². The summed E-state index contributed by atoms with van der Waals surface area (Å²) < 4.78 is 6.39. The van der Waals surface area contributed by atoms with Gasteiger partial charge in [-0.1, -0.05) is 12.1 Å². The van der Waals surface area contributed by atoms with Crippen LogP contribution in [0.3, 0.4) is 0 Å². The molecule has 0 atom stereocenters.